The summed E-state index contributed by atoms with van der Waals surface area (Å²) in [6.45, 7) is 4.08. The molecule has 2 N–H and O–H groups in total. The number of aromatic nitrogens is 1. The highest BCUT2D eigenvalue weighted by Gasteiger charge is 2.14. The van der Waals surface area contributed by atoms with Gasteiger partial charge in [0.05, 0.1) is 12.8 Å². The van der Waals surface area contributed by atoms with Crippen molar-refractivity contribution in [1.29, 1.82) is 0 Å². The third-order valence-electron chi connectivity index (χ3n) is 3.77. The fourth-order valence-electron chi connectivity index (χ4n) is 2.47. The molecule has 0 saturated carbocycles. The van der Waals surface area contributed by atoms with E-state index in [0.717, 1.165) is 11.3 Å². The van der Waals surface area contributed by atoms with E-state index in [4.69, 9.17) is 16.3 Å². The smallest absolute Gasteiger partial charge is 0.275 e. The largest absolute Gasteiger partial charge is 0.495 e. The Kier molecular flexibility index (Phi) is 5.44. The van der Waals surface area contributed by atoms with E-state index >= 15 is 0 Å². The Morgan fingerprint density at radius 2 is 1.96 bits per heavy atom. The molecule has 0 saturated heterocycles. The molecule has 0 aliphatic rings. The summed E-state index contributed by atoms with van der Waals surface area (Å²) < 4.78 is 5.24. The van der Waals surface area contributed by atoms with Crippen LogP contribution in [0, 0.1) is 13.8 Å². The minimum atomic E-state index is -0.324. The lowest BCUT2D eigenvalue weighted by Crippen LogP contribution is -2.13. The van der Waals surface area contributed by atoms with Crippen molar-refractivity contribution >= 4 is 45.4 Å². The number of anilines is 3. The average Bonchev–Trinajstić information content (AvgIpc) is 3.06. The lowest BCUT2D eigenvalue weighted by Gasteiger charge is -2.09. The number of nitrogens with one attached hydrogen (secondary N) is 2. The number of halogens is 1. The second-order valence-corrected chi connectivity index (χ2v) is 7.07. The van der Waals surface area contributed by atoms with E-state index in [-0.39, 0.29) is 5.91 Å². The zero-order valence-electron chi connectivity index (χ0n) is 14.6. The molecule has 3 aromatic rings. The van der Waals surface area contributed by atoms with Crippen molar-refractivity contribution in [1.82, 2.24) is 4.98 Å². The Labute approximate surface area is 161 Å². The molecule has 134 valence electrons. The van der Waals surface area contributed by atoms with Gasteiger partial charge in [-0.1, -0.05) is 29.3 Å². The van der Waals surface area contributed by atoms with Gasteiger partial charge in [0.2, 0.25) is 0 Å². The number of ether oxygens (including phenoxy) is 1. The van der Waals surface area contributed by atoms with E-state index < -0.39 is 0 Å². The Morgan fingerprint density at radius 1 is 1.15 bits per heavy atom. The van der Waals surface area contributed by atoms with Crippen molar-refractivity contribution in [3.05, 3.63) is 63.6 Å². The van der Waals surface area contributed by atoms with Crippen LogP contribution in [0.25, 0.3) is 0 Å². The highest BCUT2D eigenvalue weighted by molar-refractivity contribution is 7.14. The normalized spacial score (nSPS) is 10.5. The van der Waals surface area contributed by atoms with Crippen LogP contribution >= 0.6 is 22.9 Å². The third kappa shape index (κ3) is 4.15. The van der Waals surface area contributed by atoms with Crippen LogP contribution in [0.15, 0.2) is 41.8 Å². The van der Waals surface area contributed by atoms with E-state index in [1.165, 1.54) is 24.0 Å². The number of aryl methyl sites for hydroxylation is 2. The minimum absolute atomic E-state index is 0.323. The summed E-state index contributed by atoms with van der Waals surface area (Å²) >= 11 is 7.36. The third-order valence-corrected chi connectivity index (χ3v) is 4.76. The Bertz CT molecular complexity index is 956. The van der Waals surface area contributed by atoms with Crippen molar-refractivity contribution in [3.8, 4) is 5.75 Å². The average molecular weight is 388 g/mol. The van der Waals surface area contributed by atoms with Crippen molar-refractivity contribution in [2.45, 2.75) is 13.8 Å². The van der Waals surface area contributed by atoms with Gasteiger partial charge in [-0.3, -0.25) is 4.79 Å². The summed E-state index contributed by atoms with van der Waals surface area (Å²) in [5, 5.41) is 8.90. The van der Waals surface area contributed by atoms with E-state index in [9.17, 15) is 4.79 Å². The van der Waals surface area contributed by atoms with Gasteiger partial charge in [0.15, 0.2) is 5.13 Å². The fourth-order valence-corrected chi connectivity index (χ4v) is 3.34. The molecule has 1 heterocycles. The number of rotatable bonds is 5. The molecular formula is C19H18ClN3O2S. The number of nitrogens with zero attached hydrogens (tertiary/aromatic N) is 1. The van der Waals surface area contributed by atoms with Crippen molar-refractivity contribution in [3.63, 3.8) is 0 Å². The van der Waals surface area contributed by atoms with Crippen molar-refractivity contribution < 1.29 is 9.53 Å². The van der Waals surface area contributed by atoms with Gasteiger partial charge in [-0.2, -0.15) is 0 Å². The second kappa shape index (κ2) is 7.76. The summed E-state index contributed by atoms with van der Waals surface area (Å²) in [5.74, 6) is 0.210. The van der Waals surface area contributed by atoms with Gasteiger partial charge in [0, 0.05) is 16.1 Å². The maximum atomic E-state index is 12.5. The first kappa shape index (κ1) is 18.2. The number of carbonyl (C=O) groups excluding carboxylic acids is 1. The minimum Gasteiger partial charge on any atom is -0.495 e. The molecule has 0 aliphatic carbocycles. The molecule has 0 spiro atoms. The molecule has 26 heavy (non-hydrogen) atoms. The van der Waals surface area contributed by atoms with Crippen LogP contribution < -0.4 is 15.4 Å². The molecule has 0 bridgehead atoms. The quantitative estimate of drug-likeness (QED) is 0.613. The van der Waals surface area contributed by atoms with Gasteiger partial charge in [0.25, 0.3) is 5.91 Å². The molecule has 0 radical (unpaired) electrons. The first-order chi connectivity index (χ1) is 12.5. The van der Waals surface area contributed by atoms with Gasteiger partial charge in [-0.05, 0) is 43.7 Å². The number of carbonyl (C=O) groups is 1. The summed E-state index contributed by atoms with van der Waals surface area (Å²) in [6.07, 6.45) is 0. The van der Waals surface area contributed by atoms with Crippen LogP contribution in [0.1, 0.15) is 21.6 Å². The number of amides is 1. The van der Waals surface area contributed by atoms with Crippen LogP contribution in [-0.2, 0) is 0 Å². The zero-order chi connectivity index (χ0) is 18.7. The molecule has 0 aliphatic heterocycles. The summed E-state index contributed by atoms with van der Waals surface area (Å²) in [7, 11) is 1.54. The van der Waals surface area contributed by atoms with Crippen molar-refractivity contribution in [2.24, 2.45) is 0 Å². The standard InChI is InChI=1S/C19H18ClN3O2S/c1-11-4-6-14(12(2)8-11)22-19-23-16(10-26-19)18(24)21-15-9-13(20)5-7-17(15)25-3/h4-10H,1-3H3,(H,21,24)(H,22,23). The maximum Gasteiger partial charge on any atom is 0.275 e. The Morgan fingerprint density at radius 3 is 2.69 bits per heavy atom. The molecule has 7 heteroatoms. The van der Waals surface area contributed by atoms with Gasteiger partial charge >= 0.3 is 0 Å². The highest BCUT2D eigenvalue weighted by Crippen LogP contribution is 2.29. The molecule has 5 nitrogen and oxygen atoms in total. The number of hydrogen-bond donors (Lipinski definition) is 2. The van der Waals surface area contributed by atoms with E-state index in [1.54, 1.807) is 23.6 Å². The number of methoxy groups -OCH3 is 1. The molecule has 0 unspecified atom stereocenters. The summed E-state index contributed by atoms with van der Waals surface area (Å²) in [4.78, 5) is 16.8. The predicted molar refractivity (Wildman–Crippen MR) is 107 cm³/mol. The molecule has 3 rings (SSSR count). The molecule has 2 aromatic carbocycles. The predicted octanol–water partition coefficient (Wildman–Crippen LogP) is 5.42. The lowest BCUT2D eigenvalue weighted by molar-refractivity contribution is 0.102. The highest BCUT2D eigenvalue weighted by atomic mass is 35.5. The van der Waals surface area contributed by atoms with E-state index in [1.807, 2.05) is 26.0 Å². The first-order valence-electron chi connectivity index (χ1n) is 7.91. The summed E-state index contributed by atoms with van der Waals surface area (Å²) in [5.41, 5.74) is 4.11. The maximum absolute atomic E-state index is 12.5. The van der Waals surface area contributed by atoms with Crippen LogP contribution in [0.5, 0.6) is 5.75 Å². The number of benzene rings is 2. The monoisotopic (exact) mass is 387 g/mol. The van der Waals surface area contributed by atoms with Gasteiger partial charge in [-0.25, -0.2) is 4.98 Å². The lowest BCUT2D eigenvalue weighted by atomic mass is 10.1. The van der Waals surface area contributed by atoms with E-state index in [0.29, 0.717) is 27.3 Å². The summed E-state index contributed by atoms with van der Waals surface area (Å²) in [6, 6.07) is 11.2. The molecule has 1 amide bonds. The number of thiazole rings is 1. The molecule has 0 fully saturated rings. The van der Waals surface area contributed by atoms with Crippen LogP contribution in [-0.4, -0.2) is 18.0 Å². The Hall–Kier alpha value is -2.57. The molecule has 0 atom stereocenters. The first-order valence-corrected chi connectivity index (χ1v) is 9.16. The number of hydrogen-bond acceptors (Lipinski definition) is 5. The van der Waals surface area contributed by atoms with Crippen molar-refractivity contribution in [2.75, 3.05) is 17.7 Å². The fraction of sp³-hybridized carbons (Fsp3) is 0.158. The van der Waals surface area contributed by atoms with Gasteiger partial charge in [-0.15, -0.1) is 11.3 Å². The van der Waals surface area contributed by atoms with E-state index in [2.05, 4.69) is 21.7 Å². The topological polar surface area (TPSA) is 63.2 Å². The Balaban J connectivity index is 1.75. The zero-order valence-corrected chi connectivity index (χ0v) is 16.2. The van der Waals surface area contributed by atoms with Gasteiger partial charge < -0.3 is 15.4 Å². The second-order valence-electron chi connectivity index (χ2n) is 5.78. The molecule has 1 aromatic heterocycles. The van der Waals surface area contributed by atoms with Crippen LogP contribution in [0.4, 0.5) is 16.5 Å². The van der Waals surface area contributed by atoms with Gasteiger partial charge in [0.1, 0.15) is 11.4 Å². The molecular weight excluding hydrogens is 370 g/mol. The SMILES string of the molecule is COc1ccc(Cl)cc1NC(=O)c1csc(Nc2ccc(C)cc2C)n1. The van der Waals surface area contributed by atoms with Crippen LogP contribution in [0.2, 0.25) is 5.02 Å². The van der Waals surface area contributed by atoms with Crippen LogP contribution in [0.3, 0.4) is 0 Å².